The molecule has 2 aromatic rings. The molecule has 0 aliphatic heterocycles. The van der Waals surface area contributed by atoms with Gasteiger partial charge >= 0.3 is 0 Å². The van der Waals surface area contributed by atoms with Crippen LogP contribution in [0, 0.1) is 5.41 Å². The van der Waals surface area contributed by atoms with E-state index in [2.05, 4.69) is 4.98 Å². The molecule has 0 saturated heterocycles. The molecular weight excluding hydrogens is 222 g/mol. The molecule has 0 amide bonds. The van der Waals surface area contributed by atoms with Crippen molar-refractivity contribution in [3.05, 3.63) is 53.2 Å². The summed E-state index contributed by atoms with van der Waals surface area (Å²) in [5, 5.41) is 7.86. The van der Waals surface area contributed by atoms with E-state index in [4.69, 9.17) is 22.7 Å². The monoisotopic (exact) mass is 231 g/mol. The van der Waals surface area contributed by atoms with Crippen LogP contribution in [0.3, 0.4) is 0 Å². The number of nitrogens with one attached hydrogen (secondary N) is 1. The topological polar surface area (TPSA) is 62.8 Å². The number of nitrogen functional groups attached to an aromatic ring is 1. The zero-order valence-corrected chi connectivity index (χ0v) is 9.20. The third-order valence-corrected chi connectivity index (χ3v) is 2.53. The lowest BCUT2D eigenvalue weighted by atomic mass is 10.1. The van der Waals surface area contributed by atoms with Crippen molar-refractivity contribution < 1.29 is 0 Å². The molecule has 80 valence electrons. The molecule has 1 aromatic carbocycles. The van der Waals surface area contributed by atoms with Crippen LogP contribution in [-0.4, -0.2) is 10.8 Å². The Morgan fingerprint density at radius 3 is 2.62 bits per heavy atom. The van der Waals surface area contributed by atoms with Crippen LogP contribution in [0.1, 0.15) is 5.56 Å². The van der Waals surface area contributed by atoms with Crippen molar-refractivity contribution in [3.8, 4) is 11.3 Å². The fraction of sp³-hybridized carbons (Fsp3) is 0. The molecule has 2 rings (SSSR count). The van der Waals surface area contributed by atoms with Gasteiger partial charge in [0.25, 0.3) is 0 Å². The molecule has 0 atom stereocenters. The lowest BCUT2D eigenvalue weighted by Crippen LogP contribution is -2.10. The molecule has 0 saturated carbocycles. The predicted octanol–water partition coefficient (Wildman–Crippen LogP) is 2.69. The first-order valence-corrected chi connectivity index (χ1v) is 5.11. The second-order valence-electron chi connectivity index (χ2n) is 3.32. The van der Waals surface area contributed by atoms with Crippen LogP contribution in [0.15, 0.2) is 42.6 Å². The van der Waals surface area contributed by atoms with Gasteiger partial charge in [0, 0.05) is 17.3 Å². The van der Waals surface area contributed by atoms with Gasteiger partial charge in [-0.25, -0.2) is 0 Å². The zero-order chi connectivity index (χ0) is 11.5. The summed E-state index contributed by atoms with van der Waals surface area (Å²) >= 11 is 6.12. The Hall–Kier alpha value is -1.87. The van der Waals surface area contributed by atoms with Crippen LogP contribution < -0.4 is 5.73 Å². The van der Waals surface area contributed by atoms with E-state index in [9.17, 15) is 0 Å². The fourth-order valence-electron chi connectivity index (χ4n) is 1.41. The number of amidine groups is 1. The minimum atomic E-state index is 0.00877. The Labute approximate surface area is 98.4 Å². The average Bonchev–Trinajstić information content (AvgIpc) is 2.30. The number of hydrogen-bond acceptors (Lipinski definition) is 2. The van der Waals surface area contributed by atoms with Crippen molar-refractivity contribution in [2.24, 2.45) is 5.73 Å². The highest BCUT2D eigenvalue weighted by Gasteiger charge is 2.06. The van der Waals surface area contributed by atoms with Gasteiger partial charge in [0.05, 0.1) is 10.7 Å². The number of nitrogens with two attached hydrogens (primary N) is 1. The van der Waals surface area contributed by atoms with Gasteiger partial charge in [0.1, 0.15) is 5.84 Å². The van der Waals surface area contributed by atoms with Gasteiger partial charge in [0.2, 0.25) is 0 Å². The average molecular weight is 232 g/mol. The lowest BCUT2D eigenvalue weighted by Gasteiger charge is -2.05. The van der Waals surface area contributed by atoms with Crippen molar-refractivity contribution in [2.45, 2.75) is 0 Å². The zero-order valence-electron chi connectivity index (χ0n) is 8.44. The molecule has 0 aliphatic carbocycles. The third-order valence-electron chi connectivity index (χ3n) is 2.22. The summed E-state index contributed by atoms with van der Waals surface area (Å²) in [6, 6.07) is 10.9. The number of hydrogen-bond donors (Lipinski definition) is 2. The van der Waals surface area contributed by atoms with Crippen LogP contribution in [0.4, 0.5) is 0 Å². The van der Waals surface area contributed by atoms with E-state index >= 15 is 0 Å². The Morgan fingerprint density at radius 1 is 1.25 bits per heavy atom. The van der Waals surface area contributed by atoms with Gasteiger partial charge < -0.3 is 5.73 Å². The van der Waals surface area contributed by atoms with Gasteiger partial charge in [-0.05, 0) is 18.2 Å². The van der Waals surface area contributed by atoms with Crippen LogP contribution >= 0.6 is 11.6 Å². The van der Waals surface area contributed by atoms with Gasteiger partial charge in [-0.15, -0.1) is 0 Å². The Bertz CT molecular complexity index is 523. The summed E-state index contributed by atoms with van der Waals surface area (Å²) in [7, 11) is 0. The first-order valence-electron chi connectivity index (χ1n) is 4.74. The third kappa shape index (κ3) is 2.04. The molecule has 1 aromatic heterocycles. The van der Waals surface area contributed by atoms with Crippen molar-refractivity contribution in [1.29, 1.82) is 5.41 Å². The molecule has 0 spiro atoms. The SMILES string of the molecule is N=C(N)c1ccc(-c2ccccn2)c(Cl)c1. The first-order chi connectivity index (χ1) is 7.68. The molecule has 0 bridgehead atoms. The summed E-state index contributed by atoms with van der Waals surface area (Å²) in [5.74, 6) is 0.00877. The number of aromatic nitrogens is 1. The molecule has 0 unspecified atom stereocenters. The van der Waals surface area contributed by atoms with Gasteiger partial charge in [-0.2, -0.15) is 0 Å². The largest absolute Gasteiger partial charge is 0.384 e. The Morgan fingerprint density at radius 2 is 2.06 bits per heavy atom. The maximum absolute atomic E-state index is 7.31. The number of pyridine rings is 1. The summed E-state index contributed by atoms with van der Waals surface area (Å²) in [4.78, 5) is 4.21. The molecule has 0 aliphatic rings. The van der Waals surface area contributed by atoms with E-state index in [0.717, 1.165) is 11.3 Å². The summed E-state index contributed by atoms with van der Waals surface area (Å²) in [6.07, 6.45) is 1.71. The highest BCUT2D eigenvalue weighted by molar-refractivity contribution is 6.33. The van der Waals surface area contributed by atoms with Crippen molar-refractivity contribution >= 4 is 17.4 Å². The molecule has 3 nitrogen and oxygen atoms in total. The van der Waals surface area contributed by atoms with E-state index in [0.29, 0.717) is 10.6 Å². The Balaban J connectivity index is 2.48. The van der Waals surface area contributed by atoms with Gasteiger partial charge in [0.15, 0.2) is 0 Å². The van der Waals surface area contributed by atoms with E-state index in [1.807, 2.05) is 24.3 Å². The predicted molar refractivity (Wildman–Crippen MR) is 65.7 cm³/mol. The normalized spacial score (nSPS) is 10.1. The number of halogens is 1. The summed E-state index contributed by atoms with van der Waals surface area (Å²) in [6.45, 7) is 0. The molecule has 1 heterocycles. The van der Waals surface area contributed by atoms with Crippen LogP contribution in [0.25, 0.3) is 11.3 Å². The standard InChI is InChI=1S/C12H10ClN3/c13-10-7-8(12(14)15)4-5-9(10)11-3-1-2-6-16-11/h1-7H,(H3,14,15). The highest BCUT2D eigenvalue weighted by atomic mass is 35.5. The van der Waals surface area contributed by atoms with Crippen LogP contribution in [0.2, 0.25) is 5.02 Å². The Kier molecular flexibility index (Phi) is 2.88. The highest BCUT2D eigenvalue weighted by Crippen LogP contribution is 2.26. The molecule has 16 heavy (non-hydrogen) atoms. The van der Waals surface area contributed by atoms with Crippen LogP contribution in [0.5, 0.6) is 0 Å². The fourth-order valence-corrected chi connectivity index (χ4v) is 1.69. The summed E-state index contributed by atoms with van der Waals surface area (Å²) in [5.41, 5.74) is 7.64. The molecule has 3 N–H and O–H groups in total. The smallest absolute Gasteiger partial charge is 0.122 e. The minimum absolute atomic E-state index is 0.00877. The quantitative estimate of drug-likeness (QED) is 0.617. The van der Waals surface area contributed by atoms with E-state index in [1.165, 1.54) is 0 Å². The first kappa shape index (κ1) is 10.6. The second kappa shape index (κ2) is 4.33. The van der Waals surface area contributed by atoms with E-state index in [-0.39, 0.29) is 5.84 Å². The summed E-state index contributed by atoms with van der Waals surface area (Å²) < 4.78 is 0. The molecular formula is C12H10ClN3. The lowest BCUT2D eigenvalue weighted by molar-refractivity contribution is 1.32. The number of nitrogens with zero attached hydrogens (tertiary/aromatic N) is 1. The van der Waals surface area contributed by atoms with Gasteiger partial charge in [-0.3, -0.25) is 10.4 Å². The minimum Gasteiger partial charge on any atom is -0.384 e. The number of benzene rings is 1. The molecule has 4 heteroatoms. The van der Waals surface area contributed by atoms with Crippen molar-refractivity contribution in [3.63, 3.8) is 0 Å². The second-order valence-corrected chi connectivity index (χ2v) is 3.73. The van der Waals surface area contributed by atoms with Crippen molar-refractivity contribution in [2.75, 3.05) is 0 Å². The van der Waals surface area contributed by atoms with E-state index < -0.39 is 0 Å². The number of rotatable bonds is 2. The molecule has 0 radical (unpaired) electrons. The van der Waals surface area contributed by atoms with E-state index in [1.54, 1.807) is 18.3 Å². The van der Waals surface area contributed by atoms with Crippen molar-refractivity contribution in [1.82, 2.24) is 4.98 Å². The molecule has 0 fully saturated rings. The maximum Gasteiger partial charge on any atom is 0.122 e. The maximum atomic E-state index is 7.31. The van der Waals surface area contributed by atoms with Gasteiger partial charge in [-0.1, -0.05) is 29.8 Å². The van der Waals surface area contributed by atoms with Crippen LogP contribution in [-0.2, 0) is 0 Å².